The summed E-state index contributed by atoms with van der Waals surface area (Å²) in [5, 5.41) is 3.22. The average molecular weight is 395 g/mol. The topological polar surface area (TPSA) is 59.4 Å². The van der Waals surface area contributed by atoms with Gasteiger partial charge in [-0.3, -0.25) is 9.69 Å². The lowest BCUT2D eigenvalue weighted by molar-refractivity contribution is 0.00254. The van der Waals surface area contributed by atoms with E-state index in [4.69, 9.17) is 4.74 Å². The average Bonchev–Trinajstić information content (AvgIpc) is 3.47. The second-order valence-corrected chi connectivity index (χ2v) is 9.09. The van der Waals surface area contributed by atoms with E-state index in [1.807, 2.05) is 44.7 Å². The zero-order valence-electron chi connectivity index (χ0n) is 17.3. The third-order valence-electron chi connectivity index (χ3n) is 7.22. The maximum atomic E-state index is 12.8. The maximum absolute atomic E-state index is 12.8. The van der Waals surface area contributed by atoms with Crippen LogP contribution in [0.5, 0.6) is 0 Å². The number of ether oxygens (including phenoxy) is 1. The molecule has 1 N–H and O–H groups in total. The Balaban J connectivity index is 1.22. The lowest BCUT2D eigenvalue weighted by Crippen LogP contribution is -2.42. The Bertz CT molecular complexity index is 896. The normalized spacial score (nSPS) is 30.6. The van der Waals surface area contributed by atoms with Gasteiger partial charge in [-0.2, -0.15) is 0 Å². The van der Waals surface area contributed by atoms with Gasteiger partial charge >= 0.3 is 0 Å². The summed E-state index contributed by atoms with van der Waals surface area (Å²) in [6.07, 6.45) is 8.30. The number of aryl methyl sites for hydroxylation is 2. The van der Waals surface area contributed by atoms with Gasteiger partial charge < -0.3 is 14.6 Å². The first-order valence-corrected chi connectivity index (χ1v) is 10.8. The summed E-state index contributed by atoms with van der Waals surface area (Å²) in [5.74, 6) is 0.969. The third kappa shape index (κ3) is 3.38. The molecule has 2 bridgehead atoms. The molecule has 0 aliphatic carbocycles. The number of imidazole rings is 1. The summed E-state index contributed by atoms with van der Waals surface area (Å²) in [4.78, 5) is 19.5. The van der Waals surface area contributed by atoms with Gasteiger partial charge in [0.15, 0.2) is 0 Å². The van der Waals surface area contributed by atoms with Crippen molar-refractivity contribution < 1.29 is 9.53 Å². The number of fused-ring (bicyclic) bond motifs is 1. The van der Waals surface area contributed by atoms with E-state index in [1.54, 1.807) is 0 Å². The van der Waals surface area contributed by atoms with Crippen molar-refractivity contribution in [3.8, 4) is 0 Å². The third-order valence-corrected chi connectivity index (χ3v) is 7.22. The lowest BCUT2D eigenvalue weighted by Gasteiger charge is -2.29. The molecule has 3 fully saturated rings. The van der Waals surface area contributed by atoms with Crippen LogP contribution in [0, 0.1) is 25.7 Å². The van der Waals surface area contributed by atoms with Crippen LogP contribution in [0.2, 0.25) is 0 Å². The molecule has 2 aromatic rings. The minimum atomic E-state index is 0.00819. The molecule has 1 amide bonds. The van der Waals surface area contributed by atoms with Crippen LogP contribution in [0.4, 0.5) is 0 Å². The molecular formula is C23H30N4O2. The zero-order valence-corrected chi connectivity index (χ0v) is 17.3. The fourth-order valence-corrected chi connectivity index (χ4v) is 5.69. The zero-order chi connectivity index (χ0) is 20.0. The predicted molar refractivity (Wildman–Crippen MR) is 111 cm³/mol. The van der Waals surface area contributed by atoms with E-state index >= 15 is 0 Å². The lowest BCUT2D eigenvalue weighted by atomic mass is 9.73. The van der Waals surface area contributed by atoms with E-state index < -0.39 is 0 Å². The Hall–Kier alpha value is -2.18. The van der Waals surface area contributed by atoms with Gasteiger partial charge in [0.2, 0.25) is 0 Å². The van der Waals surface area contributed by atoms with Crippen molar-refractivity contribution in [1.29, 1.82) is 0 Å². The van der Waals surface area contributed by atoms with Crippen molar-refractivity contribution in [2.75, 3.05) is 26.2 Å². The number of nitrogens with one attached hydrogen (secondary N) is 1. The van der Waals surface area contributed by atoms with Gasteiger partial charge in [-0.1, -0.05) is 17.7 Å². The van der Waals surface area contributed by atoms with Gasteiger partial charge in [-0.25, -0.2) is 4.98 Å². The minimum Gasteiger partial charge on any atom is -0.370 e. The molecule has 4 atom stereocenters. The molecule has 154 valence electrons. The second kappa shape index (κ2) is 7.26. The van der Waals surface area contributed by atoms with Crippen molar-refractivity contribution in [1.82, 2.24) is 19.8 Å². The van der Waals surface area contributed by atoms with Crippen LogP contribution in [-0.4, -0.2) is 58.2 Å². The Morgan fingerprint density at radius 2 is 2.24 bits per heavy atom. The number of carbonyl (C=O) groups excluding carboxylic acids is 1. The Labute approximate surface area is 172 Å². The molecule has 3 aliphatic heterocycles. The van der Waals surface area contributed by atoms with E-state index in [0.29, 0.717) is 24.5 Å². The first-order valence-electron chi connectivity index (χ1n) is 10.8. The SMILES string of the molecule is Cc1ccc(C)c(C(=O)NC[C@H]2[C@H]3CN(CCn4ccnc4)C[C@]34CC[C@H]2O4)c1. The summed E-state index contributed by atoms with van der Waals surface area (Å²) >= 11 is 0. The highest BCUT2D eigenvalue weighted by Gasteiger charge is 2.62. The number of likely N-dealkylation sites (tertiary alicyclic amines) is 1. The summed E-state index contributed by atoms with van der Waals surface area (Å²) in [5.41, 5.74) is 2.94. The molecule has 0 unspecified atom stereocenters. The van der Waals surface area contributed by atoms with Crippen molar-refractivity contribution >= 4 is 5.91 Å². The van der Waals surface area contributed by atoms with E-state index in [9.17, 15) is 4.79 Å². The first kappa shape index (κ1) is 18.8. The van der Waals surface area contributed by atoms with E-state index in [1.165, 1.54) is 0 Å². The highest BCUT2D eigenvalue weighted by atomic mass is 16.5. The number of nitrogens with zero attached hydrogens (tertiary/aromatic N) is 3. The van der Waals surface area contributed by atoms with Gasteiger partial charge in [0, 0.05) is 62.5 Å². The van der Waals surface area contributed by atoms with Crippen LogP contribution in [0.3, 0.4) is 0 Å². The number of benzene rings is 1. The summed E-state index contributed by atoms with van der Waals surface area (Å²) in [7, 11) is 0. The van der Waals surface area contributed by atoms with Gasteiger partial charge in [0.25, 0.3) is 5.91 Å². The monoisotopic (exact) mass is 394 g/mol. The van der Waals surface area contributed by atoms with Crippen molar-refractivity contribution in [3.63, 3.8) is 0 Å². The molecule has 6 heteroatoms. The number of hydrogen-bond donors (Lipinski definition) is 1. The number of aromatic nitrogens is 2. The van der Waals surface area contributed by atoms with E-state index in [2.05, 4.69) is 25.8 Å². The molecule has 1 spiro atoms. The van der Waals surface area contributed by atoms with Gasteiger partial charge in [-0.15, -0.1) is 0 Å². The fourth-order valence-electron chi connectivity index (χ4n) is 5.69. The first-order chi connectivity index (χ1) is 14.0. The van der Waals surface area contributed by atoms with E-state index in [0.717, 1.165) is 55.7 Å². The predicted octanol–water partition coefficient (Wildman–Crippen LogP) is 2.41. The van der Waals surface area contributed by atoms with Crippen LogP contribution in [0.25, 0.3) is 0 Å². The smallest absolute Gasteiger partial charge is 0.251 e. The summed E-state index contributed by atoms with van der Waals surface area (Å²) in [6.45, 7) is 8.79. The number of carbonyl (C=O) groups is 1. The second-order valence-electron chi connectivity index (χ2n) is 9.09. The highest BCUT2D eigenvalue weighted by Crippen LogP contribution is 2.54. The van der Waals surface area contributed by atoms with Gasteiger partial charge in [-0.05, 0) is 38.3 Å². The molecule has 4 heterocycles. The summed E-state index contributed by atoms with van der Waals surface area (Å²) in [6, 6.07) is 6.06. The largest absolute Gasteiger partial charge is 0.370 e. The van der Waals surface area contributed by atoms with Crippen LogP contribution in [0.15, 0.2) is 36.9 Å². The molecule has 1 aromatic heterocycles. The molecule has 3 saturated heterocycles. The molecule has 3 aliphatic rings. The fraction of sp³-hybridized carbons (Fsp3) is 0.565. The quantitative estimate of drug-likeness (QED) is 0.817. The number of rotatable bonds is 6. The molecule has 0 radical (unpaired) electrons. The van der Waals surface area contributed by atoms with Crippen molar-refractivity contribution in [2.24, 2.45) is 11.8 Å². The molecule has 6 nitrogen and oxygen atoms in total. The molecule has 29 heavy (non-hydrogen) atoms. The molecular weight excluding hydrogens is 364 g/mol. The van der Waals surface area contributed by atoms with Gasteiger partial charge in [0.05, 0.1) is 18.0 Å². The molecule has 5 rings (SSSR count). The Morgan fingerprint density at radius 3 is 3.07 bits per heavy atom. The Kier molecular flexibility index (Phi) is 4.71. The standard InChI is InChI=1S/C23H30N4O2/c1-16-3-4-17(2)18(11-16)22(28)25-12-19-20-13-27(10-9-26-8-7-24-15-26)14-23(20)6-5-21(19)29-23/h3-4,7-8,11,15,19-21H,5-6,9-10,12-14H2,1-2H3,(H,25,28)/t19-,20+,21+,23+/m0/s1. The van der Waals surface area contributed by atoms with E-state index in [-0.39, 0.29) is 11.5 Å². The minimum absolute atomic E-state index is 0.00819. The van der Waals surface area contributed by atoms with Gasteiger partial charge in [0.1, 0.15) is 0 Å². The van der Waals surface area contributed by atoms with Crippen molar-refractivity contribution in [3.05, 3.63) is 53.6 Å². The van der Waals surface area contributed by atoms with Crippen LogP contribution in [-0.2, 0) is 11.3 Å². The number of amides is 1. The highest BCUT2D eigenvalue weighted by molar-refractivity contribution is 5.95. The molecule has 0 saturated carbocycles. The van der Waals surface area contributed by atoms with Crippen LogP contribution < -0.4 is 5.32 Å². The van der Waals surface area contributed by atoms with Crippen molar-refractivity contribution in [2.45, 2.75) is 44.9 Å². The number of hydrogen-bond acceptors (Lipinski definition) is 4. The maximum Gasteiger partial charge on any atom is 0.251 e. The van der Waals surface area contributed by atoms with Crippen LogP contribution >= 0.6 is 0 Å². The molecule has 1 aromatic carbocycles. The Morgan fingerprint density at radius 1 is 1.34 bits per heavy atom. The summed E-state index contributed by atoms with van der Waals surface area (Å²) < 4.78 is 8.66. The van der Waals surface area contributed by atoms with Crippen LogP contribution in [0.1, 0.15) is 34.3 Å².